The third-order valence-electron chi connectivity index (χ3n) is 4.94. The lowest BCUT2D eigenvalue weighted by Gasteiger charge is -2.37. The molecule has 4 rings (SSSR count). The van der Waals surface area contributed by atoms with Crippen molar-refractivity contribution >= 4 is 17.1 Å². The number of hydrogen-bond donors (Lipinski definition) is 0. The fourth-order valence-corrected chi connectivity index (χ4v) is 3.94. The summed E-state index contributed by atoms with van der Waals surface area (Å²) in [5.74, 6) is 1.56. The molecule has 1 aliphatic heterocycles. The van der Waals surface area contributed by atoms with Crippen LogP contribution in [0.15, 0.2) is 54.1 Å². The van der Waals surface area contributed by atoms with Crippen molar-refractivity contribution in [3.05, 3.63) is 59.7 Å². The van der Waals surface area contributed by atoms with E-state index in [2.05, 4.69) is 86.9 Å². The third-order valence-corrected chi connectivity index (χ3v) is 4.94. The standard InChI is InChI=1S/C21H22N2/c1-14(2)17-13-16-11-8-12-18-19(16)23(21(17,3)4)20(22-18)15-9-6-5-7-10-15/h5-14H,1-4H3. The number of imidazole rings is 1. The molecule has 0 aliphatic carbocycles. The number of allylic oxidation sites excluding steroid dienone is 1. The van der Waals surface area contributed by atoms with Crippen molar-refractivity contribution in [1.29, 1.82) is 0 Å². The first-order valence-electron chi connectivity index (χ1n) is 8.29. The molecule has 0 spiro atoms. The molecule has 0 atom stereocenters. The van der Waals surface area contributed by atoms with E-state index in [1.54, 1.807) is 0 Å². The van der Waals surface area contributed by atoms with Gasteiger partial charge in [-0.2, -0.15) is 0 Å². The van der Waals surface area contributed by atoms with E-state index in [9.17, 15) is 0 Å². The van der Waals surface area contributed by atoms with E-state index in [0.717, 1.165) is 11.3 Å². The predicted octanol–water partition coefficient (Wildman–Crippen LogP) is 5.49. The van der Waals surface area contributed by atoms with E-state index < -0.39 is 0 Å². The van der Waals surface area contributed by atoms with Crippen LogP contribution in [-0.2, 0) is 5.54 Å². The molecule has 2 aromatic carbocycles. The summed E-state index contributed by atoms with van der Waals surface area (Å²) in [5.41, 5.74) is 6.15. The number of benzene rings is 2. The van der Waals surface area contributed by atoms with Gasteiger partial charge in [0.1, 0.15) is 5.82 Å². The van der Waals surface area contributed by atoms with Crippen LogP contribution in [0.25, 0.3) is 28.5 Å². The zero-order chi connectivity index (χ0) is 16.2. The van der Waals surface area contributed by atoms with Crippen molar-refractivity contribution in [2.45, 2.75) is 33.2 Å². The summed E-state index contributed by atoms with van der Waals surface area (Å²) in [5, 5.41) is 0. The van der Waals surface area contributed by atoms with Crippen LogP contribution in [0.5, 0.6) is 0 Å². The first kappa shape index (κ1) is 14.3. The Bertz CT molecular complexity index is 912. The number of aromatic nitrogens is 2. The third kappa shape index (κ3) is 1.98. The highest BCUT2D eigenvalue weighted by Gasteiger charge is 2.35. The Morgan fingerprint density at radius 1 is 0.957 bits per heavy atom. The molecule has 0 bridgehead atoms. The maximum absolute atomic E-state index is 4.97. The molecular weight excluding hydrogens is 280 g/mol. The van der Waals surface area contributed by atoms with E-state index in [1.165, 1.54) is 22.2 Å². The summed E-state index contributed by atoms with van der Waals surface area (Å²) in [6, 6.07) is 16.9. The molecule has 1 aliphatic rings. The summed E-state index contributed by atoms with van der Waals surface area (Å²) in [6.45, 7) is 9.17. The van der Waals surface area contributed by atoms with Crippen molar-refractivity contribution in [3.63, 3.8) is 0 Å². The molecule has 0 amide bonds. The van der Waals surface area contributed by atoms with Gasteiger partial charge in [-0.25, -0.2) is 4.98 Å². The highest BCUT2D eigenvalue weighted by molar-refractivity contribution is 5.91. The molecule has 0 saturated carbocycles. The van der Waals surface area contributed by atoms with Gasteiger partial charge in [-0.1, -0.05) is 62.4 Å². The topological polar surface area (TPSA) is 17.8 Å². The molecular formula is C21H22N2. The number of nitrogens with zero attached hydrogens (tertiary/aromatic N) is 2. The Hall–Kier alpha value is -2.35. The predicted molar refractivity (Wildman–Crippen MR) is 97.3 cm³/mol. The van der Waals surface area contributed by atoms with Crippen LogP contribution in [0.3, 0.4) is 0 Å². The van der Waals surface area contributed by atoms with Gasteiger partial charge in [-0.05, 0) is 31.4 Å². The van der Waals surface area contributed by atoms with Crippen LogP contribution in [0.4, 0.5) is 0 Å². The van der Waals surface area contributed by atoms with Gasteiger partial charge in [0.2, 0.25) is 0 Å². The zero-order valence-electron chi connectivity index (χ0n) is 14.2. The van der Waals surface area contributed by atoms with Gasteiger partial charge in [-0.15, -0.1) is 0 Å². The average molecular weight is 302 g/mol. The van der Waals surface area contributed by atoms with Gasteiger partial charge in [0, 0.05) is 11.1 Å². The van der Waals surface area contributed by atoms with Crippen LogP contribution >= 0.6 is 0 Å². The second kappa shape index (κ2) is 4.82. The lowest BCUT2D eigenvalue weighted by molar-refractivity contribution is 0.403. The van der Waals surface area contributed by atoms with Gasteiger partial charge in [-0.3, -0.25) is 0 Å². The largest absolute Gasteiger partial charge is 0.314 e. The number of rotatable bonds is 2. The van der Waals surface area contributed by atoms with Crippen LogP contribution in [-0.4, -0.2) is 9.55 Å². The van der Waals surface area contributed by atoms with E-state index >= 15 is 0 Å². The second-order valence-corrected chi connectivity index (χ2v) is 7.17. The molecule has 0 N–H and O–H groups in total. The first-order valence-corrected chi connectivity index (χ1v) is 8.29. The Balaban J connectivity index is 2.11. The summed E-state index contributed by atoms with van der Waals surface area (Å²) < 4.78 is 2.43. The molecule has 0 fully saturated rings. The van der Waals surface area contributed by atoms with Crippen LogP contribution < -0.4 is 0 Å². The van der Waals surface area contributed by atoms with E-state index in [1.807, 2.05) is 0 Å². The van der Waals surface area contributed by atoms with E-state index in [4.69, 9.17) is 4.98 Å². The van der Waals surface area contributed by atoms with Gasteiger partial charge in [0.15, 0.2) is 0 Å². The fraction of sp³-hybridized carbons (Fsp3) is 0.286. The average Bonchev–Trinajstić information content (AvgIpc) is 2.93. The highest BCUT2D eigenvalue weighted by atomic mass is 15.1. The molecule has 0 unspecified atom stereocenters. The summed E-state index contributed by atoms with van der Waals surface area (Å²) in [6.07, 6.45) is 2.36. The maximum Gasteiger partial charge on any atom is 0.141 e. The minimum atomic E-state index is -0.0809. The van der Waals surface area contributed by atoms with E-state index in [0.29, 0.717) is 5.92 Å². The molecule has 0 radical (unpaired) electrons. The lowest BCUT2D eigenvalue weighted by Crippen LogP contribution is -2.33. The van der Waals surface area contributed by atoms with E-state index in [-0.39, 0.29) is 5.54 Å². The first-order chi connectivity index (χ1) is 11.0. The fourth-order valence-electron chi connectivity index (χ4n) is 3.94. The summed E-state index contributed by atoms with van der Waals surface area (Å²) >= 11 is 0. The van der Waals surface area contributed by atoms with Gasteiger partial charge < -0.3 is 4.57 Å². The van der Waals surface area contributed by atoms with Crippen molar-refractivity contribution in [3.8, 4) is 11.4 Å². The van der Waals surface area contributed by atoms with Crippen molar-refractivity contribution in [2.24, 2.45) is 5.92 Å². The smallest absolute Gasteiger partial charge is 0.141 e. The Kier molecular flexibility index (Phi) is 2.99. The van der Waals surface area contributed by atoms with Crippen molar-refractivity contribution < 1.29 is 0 Å². The van der Waals surface area contributed by atoms with Crippen molar-refractivity contribution in [1.82, 2.24) is 9.55 Å². The molecule has 3 aromatic rings. The normalized spacial score (nSPS) is 16.0. The summed E-state index contributed by atoms with van der Waals surface area (Å²) in [4.78, 5) is 4.97. The zero-order valence-corrected chi connectivity index (χ0v) is 14.2. The highest BCUT2D eigenvalue weighted by Crippen LogP contribution is 2.43. The van der Waals surface area contributed by atoms with Crippen molar-refractivity contribution in [2.75, 3.05) is 0 Å². The summed E-state index contributed by atoms with van der Waals surface area (Å²) in [7, 11) is 0. The van der Waals surface area contributed by atoms with Gasteiger partial charge in [0.25, 0.3) is 0 Å². The molecule has 0 saturated heterocycles. The molecule has 2 heterocycles. The Morgan fingerprint density at radius 2 is 1.70 bits per heavy atom. The second-order valence-electron chi connectivity index (χ2n) is 7.17. The van der Waals surface area contributed by atoms with Crippen LogP contribution in [0.1, 0.15) is 33.3 Å². The maximum atomic E-state index is 4.97. The SMILES string of the molecule is CC(C)C1=Cc2cccc3nc(-c4ccccc4)n(c23)C1(C)C. The molecule has 1 aromatic heterocycles. The van der Waals surface area contributed by atoms with Gasteiger partial charge in [0.05, 0.1) is 16.6 Å². The Morgan fingerprint density at radius 3 is 2.39 bits per heavy atom. The van der Waals surface area contributed by atoms with Crippen LogP contribution in [0, 0.1) is 5.92 Å². The molecule has 23 heavy (non-hydrogen) atoms. The monoisotopic (exact) mass is 302 g/mol. The number of hydrogen-bond acceptors (Lipinski definition) is 1. The quantitative estimate of drug-likeness (QED) is 0.612. The minimum Gasteiger partial charge on any atom is -0.314 e. The van der Waals surface area contributed by atoms with Crippen LogP contribution in [0.2, 0.25) is 0 Å². The minimum absolute atomic E-state index is 0.0809. The number of para-hydroxylation sites is 1. The lowest BCUT2D eigenvalue weighted by atomic mass is 9.81. The Labute approximate surface area is 137 Å². The van der Waals surface area contributed by atoms with Gasteiger partial charge >= 0.3 is 0 Å². The molecule has 2 heteroatoms. The molecule has 116 valence electrons. The molecule has 2 nitrogen and oxygen atoms in total.